The molecule has 0 fully saturated rings. The number of aliphatic hydroxyl groups excluding tert-OH is 2. The molecule has 0 heterocycles. The number of allylic oxidation sites excluding steroid dienone is 1. The van der Waals surface area contributed by atoms with Crippen LogP contribution >= 0.6 is 0 Å². The normalized spacial score (nSPS) is 11.8. The highest BCUT2D eigenvalue weighted by Gasteiger charge is 2.04. The Kier molecular flexibility index (Phi) is 5.53. The monoisotopic (exact) mass is 250 g/mol. The highest BCUT2D eigenvalue weighted by Crippen LogP contribution is 2.27. The number of Topliss-reactive ketones (excluding diaryl/α,β-unsaturated/α-hetero) is 1. The average molecular weight is 250 g/mol. The Hall–Kier alpha value is -2.21. The summed E-state index contributed by atoms with van der Waals surface area (Å²) in [5.74, 6) is 0.0474. The average Bonchev–Trinajstić information content (AvgIpc) is 2.38. The minimum Gasteiger partial charge on any atom is -0.513 e. The lowest BCUT2D eigenvalue weighted by Gasteiger charge is -2.05. The van der Waals surface area contributed by atoms with Gasteiger partial charge in [-0.3, -0.25) is 4.79 Å². The van der Waals surface area contributed by atoms with Crippen LogP contribution in [0.3, 0.4) is 0 Å². The molecule has 0 aliphatic heterocycles. The molecule has 6 nitrogen and oxygen atoms in total. The van der Waals surface area contributed by atoms with Gasteiger partial charge in [0.2, 0.25) is 0 Å². The van der Waals surface area contributed by atoms with Crippen LogP contribution in [-0.2, 0) is 4.79 Å². The van der Waals surface area contributed by atoms with Crippen LogP contribution in [0.15, 0.2) is 46.5 Å². The van der Waals surface area contributed by atoms with Gasteiger partial charge in [-0.1, -0.05) is 12.1 Å². The summed E-state index contributed by atoms with van der Waals surface area (Å²) in [5.41, 5.74) is 0.263. The van der Waals surface area contributed by atoms with E-state index in [2.05, 4.69) is 10.2 Å². The number of azo groups is 1. The Bertz CT molecular complexity index is 469. The molecule has 0 aromatic heterocycles. The number of carbonyl (C=O) groups excluding carboxylic acids is 1. The van der Waals surface area contributed by atoms with Gasteiger partial charge in [-0.15, -0.1) is 10.2 Å². The smallest absolute Gasteiger partial charge is 0.183 e. The van der Waals surface area contributed by atoms with Crippen molar-refractivity contribution >= 4 is 11.5 Å². The first-order valence-electron chi connectivity index (χ1n) is 5.28. The number of ketones is 1. The van der Waals surface area contributed by atoms with E-state index in [1.807, 2.05) is 0 Å². The lowest BCUT2D eigenvalue weighted by Crippen LogP contribution is -2.01. The molecule has 0 unspecified atom stereocenters. The Morgan fingerprint density at radius 1 is 1.44 bits per heavy atom. The minimum atomic E-state index is -0.394. The van der Waals surface area contributed by atoms with Crippen molar-refractivity contribution in [2.45, 2.75) is 6.92 Å². The van der Waals surface area contributed by atoms with Crippen molar-refractivity contribution in [3.63, 3.8) is 0 Å². The Morgan fingerprint density at radius 2 is 2.17 bits per heavy atom. The van der Waals surface area contributed by atoms with E-state index in [1.54, 1.807) is 24.3 Å². The zero-order valence-electron chi connectivity index (χ0n) is 9.91. The summed E-state index contributed by atoms with van der Waals surface area (Å²) in [4.78, 5) is 11.0. The van der Waals surface area contributed by atoms with Crippen LogP contribution in [0.4, 0.5) is 5.69 Å². The molecule has 1 aromatic carbocycles. The first-order chi connectivity index (χ1) is 8.69. The Morgan fingerprint density at radius 3 is 2.78 bits per heavy atom. The van der Waals surface area contributed by atoms with E-state index in [1.165, 1.54) is 6.92 Å². The number of hydrogen-bond acceptors (Lipinski definition) is 6. The van der Waals surface area contributed by atoms with Crippen molar-refractivity contribution in [2.24, 2.45) is 10.2 Å². The van der Waals surface area contributed by atoms with Gasteiger partial charge in [0, 0.05) is 6.92 Å². The van der Waals surface area contributed by atoms with Crippen LogP contribution in [0.1, 0.15) is 6.92 Å². The highest BCUT2D eigenvalue weighted by atomic mass is 16.5. The Labute approximate surface area is 104 Å². The summed E-state index contributed by atoms with van der Waals surface area (Å²) in [6, 6.07) is 6.79. The van der Waals surface area contributed by atoms with Gasteiger partial charge < -0.3 is 14.9 Å². The summed E-state index contributed by atoms with van der Waals surface area (Å²) in [6.45, 7) is 1.30. The molecule has 0 aliphatic rings. The van der Waals surface area contributed by atoms with Crippen molar-refractivity contribution < 1.29 is 19.7 Å². The molecule has 0 atom stereocenters. The molecule has 0 bridgehead atoms. The van der Waals surface area contributed by atoms with Crippen LogP contribution in [-0.4, -0.2) is 29.2 Å². The fourth-order valence-electron chi connectivity index (χ4n) is 1.11. The van der Waals surface area contributed by atoms with Gasteiger partial charge in [0.05, 0.1) is 6.61 Å². The molecule has 18 heavy (non-hydrogen) atoms. The summed E-state index contributed by atoms with van der Waals surface area (Å²) >= 11 is 0. The van der Waals surface area contributed by atoms with Gasteiger partial charge in [0.15, 0.2) is 11.5 Å². The topological polar surface area (TPSA) is 91.5 Å². The molecule has 1 rings (SSSR count). The number of nitrogens with zero attached hydrogens (tertiary/aromatic N) is 2. The van der Waals surface area contributed by atoms with Crippen LogP contribution in [0.2, 0.25) is 0 Å². The zero-order valence-corrected chi connectivity index (χ0v) is 9.91. The summed E-state index contributed by atoms with van der Waals surface area (Å²) in [7, 11) is 0. The number of benzene rings is 1. The summed E-state index contributed by atoms with van der Waals surface area (Å²) in [5, 5.41) is 24.9. The van der Waals surface area contributed by atoms with Crippen molar-refractivity contribution in [1.29, 1.82) is 0 Å². The van der Waals surface area contributed by atoms with E-state index in [0.717, 1.165) is 0 Å². The number of rotatable bonds is 6. The molecule has 0 amide bonds. The standard InChI is InChI=1S/C12H14N2O4/c1-9(17)11(8-16)14-13-10-4-2-3-5-12(10)18-7-6-15/h2-5,8,15-16H,6-7H2,1H3. The van der Waals surface area contributed by atoms with E-state index in [0.29, 0.717) is 17.7 Å². The molecule has 0 radical (unpaired) electrons. The third-order valence-corrected chi connectivity index (χ3v) is 1.96. The van der Waals surface area contributed by atoms with E-state index in [4.69, 9.17) is 14.9 Å². The molecule has 0 spiro atoms. The molecule has 0 saturated carbocycles. The van der Waals surface area contributed by atoms with Crippen molar-refractivity contribution in [3.8, 4) is 5.75 Å². The second-order valence-corrected chi connectivity index (χ2v) is 3.31. The predicted octanol–water partition coefficient (Wildman–Crippen LogP) is 2.13. The van der Waals surface area contributed by atoms with E-state index < -0.39 is 5.78 Å². The van der Waals surface area contributed by atoms with E-state index in [-0.39, 0.29) is 18.9 Å². The number of carbonyl (C=O) groups is 1. The SMILES string of the molecule is CC(=O)C(=CO)N=Nc1ccccc1OCCO. The van der Waals surface area contributed by atoms with Crippen LogP contribution in [0.5, 0.6) is 5.75 Å². The second kappa shape index (κ2) is 7.18. The van der Waals surface area contributed by atoms with Gasteiger partial charge in [0.1, 0.15) is 24.3 Å². The van der Waals surface area contributed by atoms with Gasteiger partial charge in [-0.2, -0.15) is 0 Å². The molecule has 0 saturated heterocycles. The van der Waals surface area contributed by atoms with Crippen molar-refractivity contribution in [3.05, 3.63) is 36.2 Å². The number of aliphatic hydroxyl groups is 2. The number of para-hydroxylation sites is 1. The first kappa shape index (κ1) is 13.9. The zero-order chi connectivity index (χ0) is 13.4. The fraction of sp³-hybridized carbons (Fsp3) is 0.250. The quantitative estimate of drug-likeness (QED) is 0.459. The third kappa shape index (κ3) is 3.99. The highest BCUT2D eigenvalue weighted by molar-refractivity contribution is 5.92. The van der Waals surface area contributed by atoms with Crippen LogP contribution in [0.25, 0.3) is 0 Å². The maximum absolute atomic E-state index is 11.0. The second-order valence-electron chi connectivity index (χ2n) is 3.31. The third-order valence-electron chi connectivity index (χ3n) is 1.96. The lowest BCUT2D eigenvalue weighted by atomic mass is 10.3. The van der Waals surface area contributed by atoms with E-state index in [9.17, 15) is 4.79 Å². The van der Waals surface area contributed by atoms with Crippen molar-refractivity contribution in [1.82, 2.24) is 0 Å². The summed E-state index contributed by atoms with van der Waals surface area (Å²) in [6.07, 6.45) is 0.600. The van der Waals surface area contributed by atoms with Crippen LogP contribution < -0.4 is 4.74 Å². The van der Waals surface area contributed by atoms with Gasteiger partial charge >= 0.3 is 0 Å². The molecule has 1 aromatic rings. The molecule has 96 valence electrons. The lowest BCUT2D eigenvalue weighted by molar-refractivity contribution is -0.113. The maximum Gasteiger partial charge on any atom is 0.183 e. The summed E-state index contributed by atoms with van der Waals surface area (Å²) < 4.78 is 5.24. The molecular formula is C12H14N2O4. The van der Waals surface area contributed by atoms with Gasteiger partial charge in [-0.05, 0) is 12.1 Å². The Balaban J connectivity index is 2.89. The number of ether oxygens (including phenoxy) is 1. The van der Waals surface area contributed by atoms with Crippen LogP contribution in [0, 0.1) is 0 Å². The maximum atomic E-state index is 11.0. The molecular weight excluding hydrogens is 236 g/mol. The van der Waals surface area contributed by atoms with Gasteiger partial charge in [-0.25, -0.2) is 0 Å². The fourth-order valence-corrected chi connectivity index (χ4v) is 1.11. The minimum absolute atomic E-state index is 0.110. The first-order valence-corrected chi connectivity index (χ1v) is 5.28. The van der Waals surface area contributed by atoms with Gasteiger partial charge in [0.25, 0.3) is 0 Å². The van der Waals surface area contributed by atoms with E-state index >= 15 is 0 Å². The largest absolute Gasteiger partial charge is 0.513 e. The number of hydrogen-bond donors (Lipinski definition) is 2. The molecule has 6 heteroatoms. The molecule has 2 N–H and O–H groups in total. The molecule has 0 aliphatic carbocycles. The van der Waals surface area contributed by atoms with Crippen molar-refractivity contribution in [2.75, 3.05) is 13.2 Å². The predicted molar refractivity (Wildman–Crippen MR) is 64.9 cm³/mol.